The lowest BCUT2D eigenvalue weighted by atomic mass is 9.85. The van der Waals surface area contributed by atoms with E-state index < -0.39 is 0 Å². The van der Waals surface area contributed by atoms with E-state index >= 15 is 0 Å². The van der Waals surface area contributed by atoms with Crippen molar-refractivity contribution in [3.63, 3.8) is 0 Å². The highest BCUT2D eigenvalue weighted by Gasteiger charge is 2.18. The number of amides is 1. The van der Waals surface area contributed by atoms with Gasteiger partial charge in [-0.1, -0.05) is 48.6 Å². The zero-order valence-corrected chi connectivity index (χ0v) is 12.7. The molecule has 1 atom stereocenters. The summed E-state index contributed by atoms with van der Waals surface area (Å²) < 4.78 is 0. The first-order chi connectivity index (χ1) is 10.1. The molecule has 3 heteroatoms. The molecule has 0 aliphatic heterocycles. The number of carbonyl (C=O) groups is 1. The minimum Gasteiger partial charge on any atom is -0.273 e. The molecule has 0 heterocycles. The van der Waals surface area contributed by atoms with Crippen molar-refractivity contribution in [1.82, 2.24) is 5.43 Å². The fraction of sp³-hybridized carbons (Fsp3) is 0.333. The number of allylic oxidation sites excluding steroid dienone is 3. The first-order valence-corrected chi connectivity index (χ1v) is 7.28. The van der Waals surface area contributed by atoms with E-state index in [4.69, 9.17) is 0 Å². The molecule has 1 aliphatic carbocycles. The first-order valence-electron chi connectivity index (χ1n) is 7.28. The highest BCUT2D eigenvalue weighted by Crippen LogP contribution is 2.26. The average molecular weight is 282 g/mol. The number of hydrogen-bond acceptors (Lipinski definition) is 2. The largest absolute Gasteiger partial charge is 0.273 e. The van der Waals surface area contributed by atoms with Crippen molar-refractivity contribution in [3.8, 4) is 0 Å². The quantitative estimate of drug-likeness (QED) is 0.665. The summed E-state index contributed by atoms with van der Waals surface area (Å²) in [4.78, 5) is 11.9. The zero-order valence-electron chi connectivity index (χ0n) is 12.7. The van der Waals surface area contributed by atoms with Gasteiger partial charge in [0, 0.05) is 0 Å². The summed E-state index contributed by atoms with van der Waals surface area (Å²) in [6, 6.07) is 9.68. The molecule has 1 aliphatic rings. The van der Waals surface area contributed by atoms with Crippen LogP contribution in [0.1, 0.15) is 32.3 Å². The lowest BCUT2D eigenvalue weighted by Gasteiger charge is -2.22. The second kappa shape index (κ2) is 7.02. The normalized spacial score (nSPS) is 20.0. The third-order valence-electron chi connectivity index (χ3n) is 3.82. The Morgan fingerprint density at radius 1 is 1.38 bits per heavy atom. The molecule has 0 aromatic heterocycles. The van der Waals surface area contributed by atoms with Crippen LogP contribution in [0.4, 0.5) is 0 Å². The van der Waals surface area contributed by atoms with Gasteiger partial charge in [0.25, 0.3) is 0 Å². The number of nitrogens with one attached hydrogen (secondary N) is 1. The molecular formula is C18H22N2O. The summed E-state index contributed by atoms with van der Waals surface area (Å²) in [5, 5.41) is 4.30. The molecule has 1 amide bonds. The van der Waals surface area contributed by atoms with Gasteiger partial charge < -0.3 is 0 Å². The second-order valence-electron chi connectivity index (χ2n) is 5.63. The van der Waals surface area contributed by atoms with Gasteiger partial charge in [-0.3, -0.25) is 4.79 Å². The molecule has 0 radical (unpaired) electrons. The van der Waals surface area contributed by atoms with Crippen LogP contribution in [0.3, 0.4) is 0 Å². The van der Waals surface area contributed by atoms with E-state index in [0.717, 1.165) is 29.7 Å². The molecule has 110 valence electrons. The Morgan fingerprint density at radius 2 is 2.10 bits per heavy atom. The van der Waals surface area contributed by atoms with Crippen molar-refractivity contribution >= 4 is 11.6 Å². The van der Waals surface area contributed by atoms with Gasteiger partial charge >= 0.3 is 0 Å². The van der Waals surface area contributed by atoms with Gasteiger partial charge in [0.1, 0.15) is 0 Å². The summed E-state index contributed by atoms with van der Waals surface area (Å²) in [5.74, 6) is 0.345. The Hall–Kier alpha value is -2.16. The Morgan fingerprint density at radius 3 is 2.76 bits per heavy atom. The van der Waals surface area contributed by atoms with E-state index in [-0.39, 0.29) is 5.91 Å². The summed E-state index contributed by atoms with van der Waals surface area (Å²) >= 11 is 0. The molecule has 1 aromatic rings. The Balaban J connectivity index is 1.96. The van der Waals surface area contributed by atoms with Gasteiger partial charge in [-0.25, -0.2) is 5.43 Å². The van der Waals surface area contributed by atoms with Crippen LogP contribution in [-0.2, 0) is 11.2 Å². The van der Waals surface area contributed by atoms with Crippen molar-refractivity contribution in [2.45, 2.75) is 33.1 Å². The predicted molar refractivity (Wildman–Crippen MR) is 87.0 cm³/mol. The highest BCUT2D eigenvalue weighted by atomic mass is 16.2. The number of benzene rings is 1. The van der Waals surface area contributed by atoms with Crippen LogP contribution in [-0.4, -0.2) is 11.6 Å². The number of nitrogens with zero attached hydrogens (tertiary/aromatic N) is 1. The van der Waals surface area contributed by atoms with Gasteiger partial charge in [-0.15, -0.1) is 0 Å². The van der Waals surface area contributed by atoms with E-state index in [0.29, 0.717) is 12.3 Å². The van der Waals surface area contributed by atoms with Gasteiger partial charge in [0.05, 0.1) is 12.1 Å². The van der Waals surface area contributed by atoms with Crippen LogP contribution in [0, 0.1) is 5.92 Å². The Labute approximate surface area is 126 Å². The fourth-order valence-electron chi connectivity index (χ4n) is 2.37. The molecule has 0 saturated carbocycles. The van der Waals surface area contributed by atoms with E-state index in [1.807, 2.05) is 44.2 Å². The molecule has 3 nitrogen and oxygen atoms in total. The molecule has 21 heavy (non-hydrogen) atoms. The summed E-state index contributed by atoms with van der Waals surface area (Å²) in [5.41, 5.74) is 6.93. The Bertz CT molecular complexity index is 584. The molecule has 0 saturated heterocycles. The van der Waals surface area contributed by atoms with Gasteiger partial charge in [-0.2, -0.15) is 5.10 Å². The SMILES string of the molecule is C=C(C)C1CC=C(C)/C(=N\NC(=O)Cc2ccccc2)C1. The Kier molecular flexibility index (Phi) is 5.09. The molecule has 1 unspecified atom stereocenters. The topological polar surface area (TPSA) is 41.5 Å². The number of hydrazone groups is 1. The van der Waals surface area contributed by atoms with Gasteiger partial charge in [0.15, 0.2) is 0 Å². The van der Waals surface area contributed by atoms with Crippen LogP contribution in [0.2, 0.25) is 0 Å². The lowest BCUT2D eigenvalue weighted by Crippen LogP contribution is -2.24. The number of rotatable bonds is 4. The smallest absolute Gasteiger partial charge is 0.244 e. The van der Waals surface area contributed by atoms with E-state index in [1.165, 1.54) is 5.57 Å². The standard InChI is InChI=1S/C18H22N2O/c1-13(2)16-10-9-14(3)17(12-16)19-20-18(21)11-15-7-5-4-6-8-15/h4-9,16H,1,10-12H2,2-3H3,(H,20,21)/b19-17-. The number of hydrogen-bond donors (Lipinski definition) is 1. The van der Waals surface area contributed by atoms with Crippen molar-refractivity contribution < 1.29 is 4.79 Å². The maximum Gasteiger partial charge on any atom is 0.244 e. The third-order valence-corrected chi connectivity index (χ3v) is 3.82. The van der Waals surface area contributed by atoms with Crippen molar-refractivity contribution in [1.29, 1.82) is 0 Å². The van der Waals surface area contributed by atoms with E-state index in [1.54, 1.807) is 0 Å². The van der Waals surface area contributed by atoms with Crippen LogP contribution in [0.5, 0.6) is 0 Å². The van der Waals surface area contributed by atoms with Crippen molar-refractivity contribution in [3.05, 3.63) is 59.7 Å². The molecular weight excluding hydrogens is 260 g/mol. The lowest BCUT2D eigenvalue weighted by molar-refractivity contribution is -0.120. The zero-order chi connectivity index (χ0) is 15.2. The monoisotopic (exact) mass is 282 g/mol. The maximum absolute atomic E-state index is 11.9. The molecule has 1 aromatic carbocycles. The van der Waals surface area contributed by atoms with E-state index in [9.17, 15) is 4.79 Å². The maximum atomic E-state index is 11.9. The fourth-order valence-corrected chi connectivity index (χ4v) is 2.37. The summed E-state index contributed by atoms with van der Waals surface area (Å²) in [6.45, 7) is 8.10. The number of carbonyl (C=O) groups excluding carboxylic acids is 1. The second-order valence-corrected chi connectivity index (χ2v) is 5.63. The van der Waals surface area contributed by atoms with Crippen molar-refractivity contribution in [2.75, 3.05) is 0 Å². The van der Waals surface area contributed by atoms with Gasteiger partial charge in [0.2, 0.25) is 5.91 Å². The van der Waals surface area contributed by atoms with Crippen LogP contribution in [0.25, 0.3) is 0 Å². The third kappa shape index (κ3) is 4.42. The summed E-state index contributed by atoms with van der Waals surface area (Å²) in [7, 11) is 0. The summed E-state index contributed by atoms with van der Waals surface area (Å²) in [6.07, 6.45) is 4.39. The predicted octanol–water partition coefficient (Wildman–Crippen LogP) is 3.63. The van der Waals surface area contributed by atoms with Crippen LogP contribution < -0.4 is 5.43 Å². The molecule has 0 spiro atoms. The first kappa shape index (κ1) is 15.2. The van der Waals surface area contributed by atoms with Crippen LogP contribution in [0.15, 0.2) is 59.2 Å². The average Bonchev–Trinajstić information content (AvgIpc) is 2.47. The van der Waals surface area contributed by atoms with Crippen molar-refractivity contribution in [2.24, 2.45) is 11.0 Å². The minimum absolute atomic E-state index is 0.0843. The molecule has 0 fully saturated rings. The van der Waals surface area contributed by atoms with E-state index in [2.05, 4.69) is 23.2 Å². The molecule has 2 rings (SSSR count). The molecule has 0 bridgehead atoms. The molecule has 1 N–H and O–H groups in total. The highest BCUT2D eigenvalue weighted by molar-refractivity contribution is 6.01. The van der Waals surface area contributed by atoms with Crippen LogP contribution >= 0.6 is 0 Å². The van der Waals surface area contributed by atoms with Gasteiger partial charge in [-0.05, 0) is 43.7 Å². The minimum atomic E-state index is -0.0843.